The SMILES string of the molecule is Cc1noc([C@@H](C)N2CCN(CC(=O)N3CCCC3)CC2)n1. The third kappa shape index (κ3) is 3.47. The van der Waals surface area contributed by atoms with Crippen molar-refractivity contribution in [3.05, 3.63) is 11.7 Å². The Bertz CT molecular complexity index is 504. The van der Waals surface area contributed by atoms with Crippen LogP contribution in [-0.4, -0.2) is 76.6 Å². The molecule has 2 saturated heterocycles. The molecule has 122 valence electrons. The van der Waals surface area contributed by atoms with Crippen LogP contribution in [-0.2, 0) is 4.79 Å². The van der Waals surface area contributed by atoms with E-state index in [4.69, 9.17) is 4.52 Å². The van der Waals surface area contributed by atoms with Crippen molar-refractivity contribution in [3.63, 3.8) is 0 Å². The van der Waals surface area contributed by atoms with Gasteiger partial charge in [-0.2, -0.15) is 4.98 Å². The van der Waals surface area contributed by atoms with Gasteiger partial charge in [0, 0.05) is 39.3 Å². The van der Waals surface area contributed by atoms with E-state index in [1.165, 1.54) is 0 Å². The highest BCUT2D eigenvalue weighted by atomic mass is 16.5. The number of rotatable bonds is 4. The monoisotopic (exact) mass is 307 g/mol. The fourth-order valence-corrected chi connectivity index (χ4v) is 3.21. The number of likely N-dealkylation sites (tertiary alicyclic amines) is 1. The number of aromatic nitrogens is 2. The predicted molar refractivity (Wildman–Crippen MR) is 81.3 cm³/mol. The number of nitrogens with zero attached hydrogens (tertiary/aromatic N) is 5. The van der Waals surface area contributed by atoms with E-state index in [1.54, 1.807) is 0 Å². The zero-order valence-electron chi connectivity index (χ0n) is 13.5. The van der Waals surface area contributed by atoms with Crippen LogP contribution in [0.5, 0.6) is 0 Å². The van der Waals surface area contributed by atoms with Gasteiger partial charge in [0.25, 0.3) is 0 Å². The van der Waals surface area contributed by atoms with Crippen molar-refractivity contribution in [1.82, 2.24) is 24.8 Å². The van der Waals surface area contributed by atoms with Crippen LogP contribution in [0.1, 0.15) is 37.5 Å². The molecule has 7 nitrogen and oxygen atoms in total. The van der Waals surface area contributed by atoms with Crippen LogP contribution in [0.3, 0.4) is 0 Å². The number of carbonyl (C=O) groups excluding carboxylic acids is 1. The molecule has 7 heteroatoms. The Morgan fingerprint density at radius 1 is 1.18 bits per heavy atom. The molecule has 0 aliphatic carbocycles. The molecule has 0 bridgehead atoms. The highest BCUT2D eigenvalue weighted by Crippen LogP contribution is 2.20. The van der Waals surface area contributed by atoms with Crippen molar-refractivity contribution in [2.75, 3.05) is 45.8 Å². The van der Waals surface area contributed by atoms with E-state index in [2.05, 4.69) is 26.9 Å². The summed E-state index contributed by atoms with van der Waals surface area (Å²) in [6.45, 7) is 10.0. The van der Waals surface area contributed by atoms with E-state index in [9.17, 15) is 4.79 Å². The molecule has 1 amide bonds. The minimum absolute atomic E-state index is 0.137. The third-order valence-corrected chi connectivity index (χ3v) is 4.67. The topological polar surface area (TPSA) is 65.7 Å². The van der Waals surface area contributed by atoms with E-state index >= 15 is 0 Å². The fourth-order valence-electron chi connectivity index (χ4n) is 3.21. The lowest BCUT2D eigenvalue weighted by atomic mass is 10.2. The molecule has 3 heterocycles. The summed E-state index contributed by atoms with van der Waals surface area (Å²) in [6.07, 6.45) is 2.31. The maximum atomic E-state index is 12.2. The molecule has 0 unspecified atom stereocenters. The normalized spacial score (nSPS) is 22.2. The molecule has 1 atom stereocenters. The van der Waals surface area contributed by atoms with Gasteiger partial charge in [0.05, 0.1) is 12.6 Å². The number of hydrogen-bond acceptors (Lipinski definition) is 6. The van der Waals surface area contributed by atoms with Crippen LogP contribution < -0.4 is 0 Å². The van der Waals surface area contributed by atoms with Gasteiger partial charge >= 0.3 is 0 Å². The standard InChI is InChI=1S/C15H25N5O2/c1-12(15-16-13(2)17-22-15)19-9-7-18(8-10-19)11-14(21)20-5-3-4-6-20/h12H,3-11H2,1-2H3/t12-/m1/s1. The summed E-state index contributed by atoms with van der Waals surface area (Å²) in [5, 5.41) is 3.86. The molecule has 1 aromatic heterocycles. The second kappa shape index (κ2) is 6.75. The highest BCUT2D eigenvalue weighted by Gasteiger charge is 2.27. The van der Waals surface area contributed by atoms with Crippen molar-refractivity contribution in [3.8, 4) is 0 Å². The minimum atomic E-state index is 0.137. The first kappa shape index (κ1) is 15.4. The second-order valence-electron chi connectivity index (χ2n) is 6.26. The first-order valence-electron chi connectivity index (χ1n) is 8.18. The summed E-state index contributed by atoms with van der Waals surface area (Å²) in [7, 11) is 0. The van der Waals surface area contributed by atoms with E-state index in [1.807, 2.05) is 11.8 Å². The van der Waals surface area contributed by atoms with E-state index in [-0.39, 0.29) is 11.9 Å². The van der Waals surface area contributed by atoms with E-state index < -0.39 is 0 Å². The first-order chi connectivity index (χ1) is 10.6. The van der Waals surface area contributed by atoms with Gasteiger partial charge in [-0.1, -0.05) is 5.16 Å². The van der Waals surface area contributed by atoms with Crippen molar-refractivity contribution >= 4 is 5.91 Å². The molecule has 0 radical (unpaired) electrons. The van der Waals surface area contributed by atoms with Crippen LogP contribution >= 0.6 is 0 Å². The summed E-state index contributed by atoms with van der Waals surface area (Å²) < 4.78 is 5.26. The lowest BCUT2D eigenvalue weighted by Gasteiger charge is -2.36. The Morgan fingerprint density at radius 2 is 1.86 bits per heavy atom. The molecule has 0 spiro atoms. The van der Waals surface area contributed by atoms with Crippen LogP contribution in [0, 0.1) is 6.92 Å². The predicted octanol–water partition coefficient (Wildman–Crippen LogP) is 0.679. The Kier molecular flexibility index (Phi) is 4.73. The second-order valence-corrected chi connectivity index (χ2v) is 6.26. The average molecular weight is 307 g/mol. The van der Waals surface area contributed by atoms with E-state index in [0.717, 1.165) is 52.1 Å². The number of aryl methyl sites for hydroxylation is 1. The summed E-state index contributed by atoms with van der Waals surface area (Å²) in [5.41, 5.74) is 0. The van der Waals surface area contributed by atoms with Gasteiger partial charge in [-0.25, -0.2) is 0 Å². The number of hydrogen-bond donors (Lipinski definition) is 0. The number of amides is 1. The molecule has 2 fully saturated rings. The van der Waals surface area contributed by atoms with Gasteiger partial charge in [-0.3, -0.25) is 14.6 Å². The summed E-state index contributed by atoms with van der Waals surface area (Å²) >= 11 is 0. The van der Waals surface area contributed by atoms with Crippen molar-refractivity contribution in [1.29, 1.82) is 0 Å². The Hall–Kier alpha value is -1.47. The van der Waals surface area contributed by atoms with Crippen molar-refractivity contribution in [2.24, 2.45) is 0 Å². The van der Waals surface area contributed by atoms with E-state index in [0.29, 0.717) is 18.3 Å². The maximum Gasteiger partial charge on any atom is 0.243 e. The van der Waals surface area contributed by atoms with Gasteiger partial charge in [0.15, 0.2) is 5.82 Å². The molecule has 2 aliphatic rings. The molecule has 0 N–H and O–H groups in total. The molecule has 3 rings (SSSR count). The zero-order valence-corrected chi connectivity index (χ0v) is 13.5. The summed E-state index contributed by atoms with van der Waals surface area (Å²) in [6, 6.07) is 0.137. The van der Waals surface area contributed by atoms with Crippen LogP contribution in [0.2, 0.25) is 0 Å². The smallest absolute Gasteiger partial charge is 0.243 e. The van der Waals surface area contributed by atoms with Gasteiger partial charge in [0.1, 0.15) is 0 Å². The molecule has 1 aromatic rings. The largest absolute Gasteiger partial charge is 0.342 e. The molecule has 0 saturated carbocycles. The molecule has 22 heavy (non-hydrogen) atoms. The van der Waals surface area contributed by atoms with Crippen LogP contribution in [0.15, 0.2) is 4.52 Å². The number of piperazine rings is 1. The molecule has 0 aromatic carbocycles. The highest BCUT2D eigenvalue weighted by molar-refractivity contribution is 5.78. The average Bonchev–Trinajstić information content (AvgIpc) is 3.18. The first-order valence-corrected chi connectivity index (χ1v) is 8.18. The van der Waals surface area contributed by atoms with Crippen molar-refractivity contribution in [2.45, 2.75) is 32.7 Å². The Labute approximate surface area is 131 Å². The molecular formula is C15H25N5O2. The number of carbonyl (C=O) groups is 1. The van der Waals surface area contributed by atoms with Gasteiger partial charge < -0.3 is 9.42 Å². The van der Waals surface area contributed by atoms with Gasteiger partial charge in [-0.15, -0.1) is 0 Å². The fraction of sp³-hybridized carbons (Fsp3) is 0.800. The molecule has 2 aliphatic heterocycles. The maximum absolute atomic E-state index is 12.2. The Morgan fingerprint density at radius 3 is 2.45 bits per heavy atom. The van der Waals surface area contributed by atoms with Gasteiger partial charge in [-0.05, 0) is 26.7 Å². The molecular weight excluding hydrogens is 282 g/mol. The lowest BCUT2D eigenvalue weighted by Crippen LogP contribution is -2.50. The quantitative estimate of drug-likeness (QED) is 0.815. The minimum Gasteiger partial charge on any atom is -0.342 e. The zero-order chi connectivity index (χ0) is 15.5. The van der Waals surface area contributed by atoms with Crippen LogP contribution in [0.25, 0.3) is 0 Å². The summed E-state index contributed by atoms with van der Waals surface area (Å²) in [4.78, 5) is 23.1. The van der Waals surface area contributed by atoms with Crippen LogP contribution in [0.4, 0.5) is 0 Å². The Balaban J connectivity index is 1.46. The van der Waals surface area contributed by atoms with Gasteiger partial charge in [0.2, 0.25) is 11.8 Å². The summed E-state index contributed by atoms with van der Waals surface area (Å²) in [5.74, 6) is 1.64. The van der Waals surface area contributed by atoms with Crippen molar-refractivity contribution < 1.29 is 9.32 Å². The lowest BCUT2D eigenvalue weighted by molar-refractivity contribution is -0.131. The third-order valence-electron chi connectivity index (χ3n) is 4.67.